The Kier molecular flexibility index (Phi) is 3.79. The highest BCUT2D eigenvalue weighted by atomic mass is 35.5. The molecular weight excluding hydrogens is 238 g/mol. The zero-order valence-corrected chi connectivity index (χ0v) is 11.0. The van der Waals surface area contributed by atoms with Crippen molar-refractivity contribution >= 4 is 11.6 Å². The van der Waals surface area contributed by atoms with E-state index >= 15 is 0 Å². The number of aromatic hydroxyl groups is 1. The smallest absolute Gasteiger partial charge is 0.162 e. The molecule has 3 nitrogen and oxygen atoms in total. The van der Waals surface area contributed by atoms with E-state index < -0.39 is 0 Å². The number of nitrogens with one attached hydrogen (secondary N) is 1. The Balaban J connectivity index is 2.53. The summed E-state index contributed by atoms with van der Waals surface area (Å²) in [4.78, 5) is 0. The van der Waals surface area contributed by atoms with Crippen LogP contribution in [0.15, 0.2) is 6.07 Å². The van der Waals surface area contributed by atoms with Crippen molar-refractivity contribution < 1.29 is 9.84 Å². The van der Waals surface area contributed by atoms with Gasteiger partial charge in [-0.1, -0.05) is 18.5 Å². The molecule has 1 aromatic carbocycles. The van der Waals surface area contributed by atoms with Gasteiger partial charge in [0.15, 0.2) is 11.5 Å². The third kappa shape index (κ3) is 2.22. The molecule has 1 fully saturated rings. The van der Waals surface area contributed by atoms with Crippen molar-refractivity contribution in [2.45, 2.75) is 25.7 Å². The van der Waals surface area contributed by atoms with E-state index in [0.717, 1.165) is 37.1 Å². The third-order valence-corrected chi connectivity index (χ3v) is 3.83. The van der Waals surface area contributed by atoms with Gasteiger partial charge in [0.05, 0.1) is 12.1 Å². The van der Waals surface area contributed by atoms with Gasteiger partial charge in [-0.25, -0.2) is 0 Å². The molecule has 1 aliphatic rings. The van der Waals surface area contributed by atoms with Crippen molar-refractivity contribution in [2.75, 3.05) is 20.2 Å². The first-order chi connectivity index (χ1) is 8.19. The topological polar surface area (TPSA) is 41.5 Å². The number of ether oxygens (including phenoxy) is 1. The Labute approximate surface area is 107 Å². The average Bonchev–Trinajstić information content (AvgIpc) is 2.83. The lowest BCUT2D eigenvalue weighted by Gasteiger charge is -2.18. The molecule has 1 unspecified atom stereocenters. The predicted octanol–water partition coefficient (Wildman–Crippen LogP) is 2.69. The van der Waals surface area contributed by atoms with Gasteiger partial charge in [-0.05, 0) is 31.0 Å². The zero-order chi connectivity index (χ0) is 12.4. The monoisotopic (exact) mass is 255 g/mol. The summed E-state index contributed by atoms with van der Waals surface area (Å²) in [7, 11) is 1.57. The molecule has 0 bridgehead atoms. The standard InChI is InChI=1S/C13H18ClNO2/c1-3-8-6-10(17-2)13(16)11(12(8)14)9-4-5-15-7-9/h6,9,15-16H,3-5,7H2,1-2H3. The maximum absolute atomic E-state index is 10.2. The van der Waals surface area contributed by atoms with Crippen LogP contribution >= 0.6 is 11.6 Å². The van der Waals surface area contributed by atoms with Crippen molar-refractivity contribution in [3.8, 4) is 11.5 Å². The highest BCUT2D eigenvalue weighted by Gasteiger charge is 2.26. The second-order valence-corrected chi connectivity index (χ2v) is 4.74. The Hall–Kier alpha value is -0.930. The number of aryl methyl sites for hydroxylation is 1. The van der Waals surface area contributed by atoms with Crippen molar-refractivity contribution in [3.05, 3.63) is 22.2 Å². The molecule has 0 aliphatic carbocycles. The molecule has 0 amide bonds. The first kappa shape index (κ1) is 12.5. The molecule has 1 aliphatic heterocycles. The minimum atomic E-state index is 0.198. The summed E-state index contributed by atoms with van der Waals surface area (Å²) in [5.41, 5.74) is 1.87. The minimum absolute atomic E-state index is 0.198. The van der Waals surface area contributed by atoms with Gasteiger partial charge >= 0.3 is 0 Å². The summed E-state index contributed by atoms with van der Waals surface area (Å²) in [6.45, 7) is 3.89. The second-order valence-electron chi connectivity index (χ2n) is 4.36. The van der Waals surface area contributed by atoms with Crippen LogP contribution in [0.4, 0.5) is 0 Å². The Bertz CT molecular complexity index is 386. The SMILES string of the molecule is CCc1cc(OC)c(O)c(C2CCNC2)c1Cl. The van der Waals surface area contributed by atoms with Crippen LogP contribution in [0.3, 0.4) is 0 Å². The molecule has 1 heterocycles. The molecule has 2 rings (SSSR count). The zero-order valence-electron chi connectivity index (χ0n) is 10.2. The van der Waals surface area contributed by atoms with Gasteiger partial charge in [-0.2, -0.15) is 0 Å². The fourth-order valence-electron chi connectivity index (χ4n) is 2.39. The maximum Gasteiger partial charge on any atom is 0.162 e. The van der Waals surface area contributed by atoms with E-state index in [9.17, 15) is 5.11 Å². The van der Waals surface area contributed by atoms with E-state index in [-0.39, 0.29) is 11.7 Å². The lowest BCUT2D eigenvalue weighted by molar-refractivity contribution is 0.368. The number of hydrogen-bond acceptors (Lipinski definition) is 3. The number of benzene rings is 1. The summed E-state index contributed by atoms with van der Waals surface area (Å²) in [6, 6.07) is 1.82. The van der Waals surface area contributed by atoms with Crippen molar-refractivity contribution in [1.29, 1.82) is 0 Å². The van der Waals surface area contributed by atoms with E-state index in [0.29, 0.717) is 10.8 Å². The van der Waals surface area contributed by atoms with Gasteiger partial charge in [-0.3, -0.25) is 0 Å². The van der Waals surface area contributed by atoms with Gasteiger partial charge in [0.2, 0.25) is 0 Å². The number of phenolic OH excluding ortho intramolecular Hbond substituents is 1. The molecule has 1 saturated heterocycles. The van der Waals surface area contributed by atoms with Gasteiger partial charge in [0.1, 0.15) is 0 Å². The minimum Gasteiger partial charge on any atom is -0.504 e. The van der Waals surface area contributed by atoms with Gasteiger partial charge in [0, 0.05) is 18.0 Å². The lowest BCUT2D eigenvalue weighted by atomic mass is 9.94. The van der Waals surface area contributed by atoms with Crippen LogP contribution < -0.4 is 10.1 Å². The predicted molar refractivity (Wildman–Crippen MR) is 69.3 cm³/mol. The van der Waals surface area contributed by atoms with Crippen LogP contribution in [-0.2, 0) is 6.42 Å². The van der Waals surface area contributed by atoms with Crippen LogP contribution in [0.5, 0.6) is 11.5 Å². The van der Waals surface area contributed by atoms with E-state index in [1.54, 1.807) is 7.11 Å². The molecule has 1 atom stereocenters. The van der Waals surface area contributed by atoms with E-state index in [4.69, 9.17) is 16.3 Å². The number of hydrogen-bond donors (Lipinski definition) is 2. The Morgan fingerprint density at radius 3 is 2.88 bits per heavy atom. The highest BCUT2D eigenvalue weighted by molar-refractivity contribution is 6.32. The number of rotatable bonds is 3. The first-order valence-electron chi connectivity index (χ1n) is 5.98. The van der Waals surface area contributed by atoms with Crippen molar-refractivity contribution in [1.82, 2.24) is 5.32 Å². The normalized spacial score (nSPS) is 19.6. The van der Waals surface area contributed by atoms with Crippen LogP contribution in [0, 0.1) is 0 Å². The molecule has 0 aromatic heterocycles. The summed E-state index contributed by atoms with van der Waals surface area (Å²) >= 11 is 6.38. The van der Waals surface area contributed by atoms with Crippen LogP contribution in [0.1, 0.15) is 30.4 Å². The highest BCUT2D eigenvalue weighted by Crippen LogP contribution is 2.43. The largest absolute Gasteiger partial charge is 0.504 e. The van der Waals surface area contributed by atoms with Crippen LogP contribution in [-0.4, -0.2) is 25.3 Å². The third-order valence-electron chi connectivity index (χ3n) is 3.38. The molecular formula is C13H18ClNO2. The van der Waals surface area contributed by atoms with Gasteiger partial charge < -0.3 is 15.2 Å². The second kappa shape index (κ2) is 5.15. The van der Waals surface area contributed by atoms with Crippen LogP contribution in [0.25, 0.3) is 0 Å². The molecule has 0 radical (unpaired) electrons. The molecule has 0 spiro atoms. The van der Waals surface area contributed by atoms with E-state index in [1.165, 1.54) is 0 Å². The van der Waals surface area contributed by atoms with Gasteiger partial charge in [-0.15, -0.1) is 0 Å². The summed E-state index contributed by atoms with van der Waals surface area (Å²) < 4.78 is 5.21. The molecule has 4 heteroatoms. The molecule has 2 N–H and O–H groups in total. The number of halogens is 1. The van der Waals surface area contributed by atoms with E-state index in [2.05, 4.69) is 5.32 Å². The summed E-state index contributed by atoms with van der Waals surface area (Å²) in [5, 5.41) is 14.2. The average molecular weight is 256 g/mol. The Morgan fingerprint density at radius 1 is 1.59 bits per heavy atom. The van der Waals surface area contributed by atoms with Crippen molar-refractivity contribution in [2.24, 2.45) is 0 Å². The quantitative estimate of drug-likeness (QED) is 0.873. The molecule has 0 saturated carbocycles. The van der Waals surface area contributed by atoms with E-state index in [1.807, 2.05) is 13.0 Å². The first-order valence-corrected chi connectivity index (χ1v) is 6.35. The lowest BCUT2D eigenvalue weighted by Crippen LogP contribution is -2.09. The van der Waals surface area contributed by atoms with Gasteiger partial charge in [0.25, 0.3) is 0 Å². The fraction of sp³-hybridized carbons (Fsp3) is 0.538. The fourth-order valence-corrected chi connectivity index (χ4v) is 2.82. The number of methoxy groups -OCH3 is 1. The maximum atomic E-state index is 10.2. The summed E-state index contributed by atoms with van der Waals surface area (Å²) in [6.07, 6.45) is 1.84. The molecule has 1 aromatic rings. The van der Waals surface area contributed by atoms with Crippen LogP contribution in [0.2, 0.25) is 5.02 Å². The summed E-state index contributed by atoms with van der Waals surface area (Å²) in [5.74, 6) is 0.999. The number of phenols is 1. The Morgan fingerprint density at radius 2 is 2.35 bits per heavy atom. The van der Waals surface area contributed by atoms with Crippen molar-refractivity contribution in [3.63, 3.8) is 0 Å². The molecule has 17 heavy (non-hydrogen) atoms. The molecule has 94 valence electrons.